The normalized spacial score (nSPS) is 16.8. The summed E-state index contributed by atoms with van der Waals surface area (Å²) in [6, 6.07) is 13.5. The molecule has 126 valence electrons. The number of amides is 1. The number of likely N-dealkylation sites (tertiary alicyclic amines) is 1. The van der Waals surface area contributed by atoms with Crippen LogP contribution in [0.4, 0.5) is 0 Å². The molecule has 0 bridgehead atoms. The standard InChI is InChI=1S/C19H22N2O2S/c1-24-17-8-7-16(13-20-17)19(23)21-11-9-15(10-12-21)18(22)14-5-3-2-4-6-14/h2-8,13,15,18,22H,9-12H2,1H3. The smallest absolute Gasteiger partial charge is 0.255 e. The average molecular weight is 342 g/mol. The Bertz CT molecular complexity index is 668. The summed E-state index contributed by atoms with van der Waals surface area (Å²) in [7, 11) is 0. The lowest BCUT2D eigenvalue weighted by Crippen LogP contribution is -2.39. The van der Waals surface area contributed by atoms with E-state index in [0.717, 1.165) is 23.4 Å². The van der Waals surface area contributed by atoms with Gasteiger partial charge in [0.25, 0.3) is 5.91 Å². The van der Waals surface area contributed by atoms with Crippen molar-refractivity contribution in [1.82, 2.24) is 9.88 Å². The van der Waals surface area contributed by atoms with E-state index in [9.17, 15) is 9.90 Å². The molecule has 4 nitrogen and oxygen atoms in total. The maximum absolute atomic E-state index is 12.6. The fourth-order valence-electron chi connectivity index (χ4n) is 3.15. The molecular weight excluding hydrogens is 320 g/mol. The van der Waals surface area contributed by atoms with Crippen LogP contribution in [0.3, 0.4) is 0 Å². The van der Waals surface area contributed by atoms with Gasteiger partial charge < -0.3 is 10.0 Å². The summed E-state index contributed by atoms with van der Waals surface area (Å²) in [4.78, 5) is 18.7. The zero-order valence-corrected chi connectivity index (χ0v) is 14.6. The molecule has 1 amide bonds. The first-order chi connectivity index (χ1) is 11.7. The molecule has 1 N–H and O–H groups in total. The summed E-state index contributed by atoms with van der Waals surface area (Å²) in [5.74, 6) is 0.233. The van der Waals surface area contributed by atoms with Crippen molar-refractivity contribution in [2.45, 2.75) is 24.0 Å². The number of pyridine rings is 1. The Hall–Kier alpha value is -1.85. The highest BCUT2D eigenvalue weighted by Gasteiger charge is 2.28. The van der Waals surface area contributed by atoms with E-state index in [1.807, 2.05) is 53.6 Å². The van der Waals surface area contributed by atoms with Gasteiger partial charge in [-0.25, -0.2) is 4.98 Å². The molecule has 0 radical (unpaired) electrons. The lowest BCUT2D eigenvalue weighted by atomic mass is 9.87. The Morgan fingerprint density at radius 2 is 1.92 bits per heavy atom. The van der Waals surface area contributed by atoms with Gasteiger partial charge in [-0.05, 0) is 42.7 Å². The summed E-state index contributed by atoms with van der Waals surface area (Å²) in [5.41, 5.74) is 1.59. The van der Waals surface area contributed by atoms with Gasteiger partial charge >= 0.3 is 0 Å². The first kappa shape index (κ1) is 17.0. The van der Waals surface area contributed by atoms with Gasteiger partial charge in [-0.3, -0.25) is 4.79 Å². The molecule has 2 aromatic rings. The Kier molecular flexibility index (Phi) is 5.53. The van der Waals surface area contributed by atoms with Gasteiger partial charge in [-0.15, -0.1) is 11.8 Å². The van der Waals surface area contributed by atoms with E-state index in [4.69, 9.17) is 0 Å². The Morgan fingerprint density at radius 1 is 1.21 bits per heavy atom. The number of carbonyl (C=O) groups is 1. The zero-order valence-electron chi connectivity index (χ0n) is 13.8. The number of thioether (sulfide) groups is 1. The maximum atomic E-state index is 12.6. The largest absolute Gasteiger partial charge is 0.388 e. The van der Waals surface area contributed by atoms with Gasteiger partial charge in [0.15, 0.2) is 0 Å². The Labute approximate surface area is 146 Å². The van der Waals surface area contributed by atoms with Crippen LogP contribution < -0.4 is 0 Å². The molecule has 24 heavy (non-hydrogen) atoms. The molecule has 1 aliphatic heterocycles. The molecule has 1 aromatic heterocycles. The van der Waals surface area contributed by atoms with Gasteiger partial charge in [0, 0.05) is 19.3 Å². The second-order valence-electron chi connectivity index (χ2n) is 6.07. The predicted molar refractivity (Wildman–Crippen MR) is 96.0 cm³/mol. The molecule has 1 aliphatic rings. The maximum Gasteiger partial charge on any atom is 0.255 e. The second kappa shape index (κ2) is 7.81. The minimum Gasteiger partial charge on any atom is -0.388 e. The van der Waals surface area contributed by atoms with Crippen molar-refractivity contribution in [3.8, 4) is 0 Å². The highest BCUT2D eigenvalue weighted by Crippen LogP contribution is 2.31. The molecule has 5 heteroatoms. The third kappa shape index (κ3) is 3.79. The van der Waals surface area contributed by atoms with E-state index in [1.54, 1.807) is 18.0 Å². The van der Waals surface area contributed by atoms with Crippen LogP contribution in [-0.2, 0) is 0 Å². The molecule has 1 atom stereocenters. The van der Waals surface area contributed by atoms with Crippen molar-refractivity contribution >= 4 is 17.7 Å². The van der Waals surface area contributed by atoms with Crippen LogP contribution >= 0.6 is 11.8 Å². The molecule has 0 saturated carbocycles. The molecule has 0 spiro atoms. The highest BCUT2D eigenvalue weighted by molar-refractivity contribution is 7.98. The minimum atomic E-state index is -0.453. The van der Waals surface area contributed by atoms with Crippen LogP contribution in [0.15, 0.2) is 53.7 Å². The number of carbonyl (C=O) groups excluding carboxylic acids is 1. The van der Waals surface area contributed by atoms with E-state index in [0.29, 0.717) is 18.7 Å². The van der Waals surface area contributed by atoms with Crippen LogP contribution in [0.1, 0.15) is 34.9 Å². The summed E-state index contributed by atoms with van der Waals surface area (Å²) in [6.07, 6.45) is 4.80. The third-order valence-electron chi connectivity index (χ3n) is 4.61. The number of hydrogen-bond acceptors (Lipinski definition) is 4. The van der Waals surface area contributed by atoms with Crippen LogP contribution in [-0.4, -0.2) is 40.2 Å². The number of aliphatic hydroxyl groups excluding tert-OH is 1. The van der Waals surface area contributed by atoms with E-state index in [1.165, 1.54) is 0 Å². The number of aliphatic hydroxyl groups is 1. The summed E-state index contributed by atoms with van der Waals surface area (Å²) >= 11 is 1.56. The monoisotopic (exact) mass is 342 g/mol. The fourth-order valence-corrected chi connectivity index (χ4v) is 3.51. The van der Waals surface area contributed by atoms with Crippen LogP contribution in [0, 0.1) is 5.92 Å². The fraction of sp³-hybridized carbons (Fsp3) is 0.368. The number of nitrogens with zero attached hydrogens (tertiary/aromatic N) is 2. The minimum absolute atomic E-state index is 0.0304. The average Bonchev–Trinajstić information content (AvgIpc) is 2.68. The third-order valence-corrected chi connectivity index (χ3v) is 5.27. The van der Waals surface area contributed by atoms with Crippen LogP contribution in [0.5, 0.6) is 0 Å². The molecule has 1 fully saturated rings. The number of aromatic nitrogens is 1. The number of piperidine rings is 1. The summed E-state index contributed by atoms with van der Waals surface area (Å²) < 4.78 is 0. The van der Waals surface area contributed by atoms with Crippen molar-refractivity contribution in [2.75, 3.05) is 19.3 Å². The lowest BCUT2D eigenvalue weighted by Gasteiger charge is -2.34. The van der Waals surface area contributed by atoms with E-state index < -0.39 is 6.10 Å². The van der Waals surface area contributed by atoms with E-state index in [-0.39, 0.29) is 11.8 Å². The van der Waals surface area contributed by atoms with Crippen molar-refractivity contribution < 1.29 is 9.90 Å². The molecule has 1 aromatic carbocycles. The zero-order chi connectivity index (χ0) is 16.9. The van der Waals surface area contributed by atoms with Gasteiger partial charge in [-0.1, -0.05) is 30.3 Å². The van der Waals surface area contributed by atoms with Gasteiger partial charge in [0.05, 0.1) is 16.7 Å². The molecule has 0 aliphatic carbocycles. The molecule has 1 saturated heterocycles. The number of benzene rings is 1. The SMILES string of the molecule is CSc1ccc(C(=O)N2CCC(C(O)c3ccccc3)CC2)cn1. The lowest BCUT2D eigenvalue weighted by molar-refractivity contribution is 0.0462. The molecule has 2 heterocycles. The van der Waals surface area contributed by atoms with Crippen molar-refractivity contribution in [3.63, 3.8) is 0 Å². The first-order valence-corrected chi connectivity index (χ1v) is 9.44. The van der Waals surface area contributed by atoms with Crippen molar-refractivity contribution in [3.05, 3.63) is 59.8 Å². The van der Waals surface area contributed by atoms with Gasteiger partial charge in [0.2, 0.25) is 0 Å². The van der Waals surface area contributed by atoms with Crippen molar-refractivity contribution in [1.29, 1.82) is 0 Å². The first-order valence-electron chi connectivity index (χ1n) is 8.21. The van der Waals surface area contributed by atoms with Gasteiger partial charge in [0.1, 0.15) is 0 Å². The molecular formula is C19H22N2O2S. The van der Waals surface area contributed by atoms with Crippen molar-refractivity contribution in [2.24, 2.45) is 5.92 Å². The Morgan fingerprint density at radius 3 is 2.50 bits per heavy atom. The summed E-state index contributed by atoms with van der Waals surface area (Å²) in [6.45, 7) is 1.36. The predicted octanol–water partition coefficient (Wildman–Crippen LogP) is 3.39. The highest BCUT2D eigenvalue weighted by atomic mass is 32.2. The van der Waals surface area contributed by atoms with Gasteiger partial charge in [-0.2, -0.15) is 0 Å². The molecule has 1 unspecified atom stereocenters. The topological polar surface area (TPSA) is 53.4 Å². The van der Waals surface area contributed by atoms with E-state index >= 15 is 0 Å². The quantitative estimate of drug-likeness (QED) is 0.866. The summed E-state index contributed by atoms with van der Waals surface area (Å²) in [5, 5.41) is 11.4. The Balaban J connectivity index is 1.59. The number of hydrogen-bond donors (Lipinski definition) is 1. The van der Waals surface area contributed by atoms with Crippen LogP contribution in [0.2, 0.25) is 0 Å². The van der Waals surface area contributed by atoms with Crippen LogP contribution in [0.25, 0.3) is 0 Å². The van der Waals surface area contributed by atoms with E-state index in [2.05, 4.69) is 4.98 Å². The number of rotatable bonds is 4. The second-order valence-corrected chi connectivity index (χ2v) is 6.90. The molecule has 3 rings (SSSR count).